The van der Waals surface area contributed by atoms with Gasteiger partial charge in [0, 0.05) is 13.1 Å². The molecule has 0 aliphatic carbocycles. The summed E-state index contributed by atoms with van der Waals surface area (Å²) in [7, 11) is -4.04. The Balaban J connectivity index is 1.51. The Morgan fingerprint density at radius 3 is 2.64 bits per heavy atom. The number of nitrogens with zero attached hydrogens (tertiary/aromatic N) is 1. The molecule has 1 fully saturated rings. The Bertz CT molecular complexity index is 802. The molecule has 1 aliphatic rings. The SMILES string of the molecule is O=S(=O)(NCC1CCN(Cc2ccsc2)CC1)c1cc(F)ccc1F. The van der Waals surface area contributed by atoms with E-state index in [2.05, 4.69) is 26.4 Å². The number of halogens is 2. The summed E-state index contributed by atoms with van der Waals surface area (Å²) >= 11 is 1.68. The van der Waals surface area contributed by atoms with E-state index in [-0.39, 0.29) is 12.5 Å². The van der Waals surface area contributed by atoms with Crippen LogP contribution in [0, 0.1) is 17.6 Å². The molecule has 3 rings (SSSR count). The lowest BCUT2D eigenvalue weighted by Gasteiger charge is -2.31. The zero-order valence-corrected chi connectivity index (χ0v) is 15.3. The fourth-order valence-electron chi connectivity index (χ4n) is 2.98. The van der Waals surface area contributed by atoms with Gasteiger partial charge >= 0.3 is 0 Å². The summed E-state index contributed by atoms with van der Waals surface area (Å²) in [6, 6.07) is 4.55. The number of rotatable bonds is 6. The molecule has 0 unspecified atom stereocenters. The maximum absolute atomic E-state index is 13.7. The molecule has 1 aliphatic heterocycles. The second-order valence-electron chi connectivity index (χ2n) is 6.28. The van der Waals surface area contributed by atoms with E-state index in [1.165, 1.54) is 5.56 Å². The first kappa shape index (κ1) is 18.4. The van der Waals surface area contributed by atoms with Crippen molar-refractivity contribution in [2.75, 3.05) is 19.6 Å². The molecule has 1 aromatic carbocycles. The van der Waals surface area contributed by atoms with Gasteiger partial charge in [-0.2, -0.15) is 11.3 Å². The second kappa shape index (κ2) is 7.90. The first-order chi connectivity index (χ1) is 11.9. The monoisotopic (exact) mass is 386 g/mol. The summed E-state index contributed by atoms with van der Waals surface area (Å²) in [6.45, 7) is 2.95. The summed E-state index contributed by atoms with van der Waals surface area (Å²) in [4.78, 5) is 1.71. The standard InChI is InChI=1S/C17H20F2N2O2S2/c18-15-1-2-16(19)17(9-15)25(22,23)20-10-13-3-6-21(7-4-13)11-14-5-8-24-12-14/h1-2,5,8-9,12-13,20H,3-4,6-7,10-11H2. The number of benzene rings is 1. The van der Waals surface area contributed by atoms with Gasteiger partial charge < -0.3 is 0 Å². The fourth-order valence-corrected chi connectivity index (χ4v) is 4.84. The van der Waals surface area contributed by atoms with Gasteiger partial charge in [0.1, 0.15) is 16.5 Å². The molecule has 1 saturated heterocycles. The Hall–Kier alpha value is -1.35. The quantitative estimate of drug-likeness (QED) is 0.829. The summed E-state index contributed by atoms with van der Waals surface area (Å²) < 4.78 is 53.7. The second-order valence-corrected chi connectivity index (χ2v) is 8.79. The molecular weight excluding hydrogens is 366 g/mol. The van der Waals surface area contributed by atoms with Crippen molar-refractivity contribution in [3.8, 4) is 0 Å². The molecular formula is C17H20F2N2O2S2. The van der Waals surface area contributed by atoms with Crippen LogP contribution >= 0.6 is 11.3 Å². The van der Waals surface area contributed by atoms with E-state index in [4.69, 9.17) is 0 Å². The highest BCUT2D eigenvalue weighted by molar-refractivity contribution is 7.89. The van der Waals surface area contributed by atoms with E-state index in [0.29, 0.717) is 6.07 Å². The van der Waals surface area contributed by atoms with Gasteiger partial charge in [0.05, 0.1) is 0 Å². The minimum absolute atomic E-state index is 0.199. The van der Waals surface area contributed by atoms with E-state index >= 15 is 0 Å². The first-order valence-corrected chi connectivity index (χ1v) is 10.5. The molecule has 0 amide bonds. The van der Waals surface area contributed by atoms with E-state index < -0.39 is 26.6 Å². The van der Waals surface area contributed by atoms with E-state index in [0.717, 1.165) is 44.6 Å². The van der Waals surface area contributed by atoms with Crippen molar-refractivity contribution in [1.82, 2.24) is 9.62 Å². The number of nitrogens with one attached hydrogen (secondary N) is 1. The molecule has 0 saturated carbocycles. The highest BCUT2D eigenvalue weighted by Crippen LogP contribution is 2.21. The predicted molar refractivity (Wildman–Crippen MR) is 93.9 cm³/mol. The predicted octanol–water partition coefficient (Wildman–Crippen LogP) is 3.22. The number of hydrogen-bond acceptors (Lipinski definition) is 4. The molecule has 0 radical (unpaired) electrons. The van der Waals surface area contributed by atoms with Crippen LogP contribution in [0.15, 0.2) is 39.9 Å². The van der Waals surface area contributed by atoms with E-state index in [9.17, 15) is 17.2 Å². The lowest BCUT2D eigenvalue weighted by molar-refractivity contribution is 0.178. The fraction of sp³-hybridized carbons (Fsp3) is 0.412. The minimum Gasteiger partial charge on any atom is -0.299 e. The molecule has 25 heavy (non-hydrogen) atoms. The Morgan fingerprint density at radius 2 is 1.96 bits per heavy atom. The van der Waals surface area contributed by atoms with Gasteiger partial charge in [-0.05, 0) is 72.4 Å². The number of hydrogen-bond donors (Lipinski definition) is 1. The third kappa shape index (κ3) is 4.84. The number of likely N-dealkylation sites (tertiary alicyclic amines) is 1. The van der Waals surface area contributed by atoms with Crippen molar-refractivity contribution in [3.05, 3.63) is 52.2 Å². The van der Waals surface area contributed by atoms with Crippen LogP contribution in [-0.4, -0.2) is 33.0 Å². The molecule has 0 bridgehead atoms. The molecule has 0 atom stereocenters. The molecule has 4 nitrogen and oxygen atoms in total. The molecule has 1 N–H and O–H groups in total. The van der Waals surface area contributed by atoms with Crippen LogP contribution in [0.4, 0.5) is 8.78 Å². The van der Waals surface area contributed by atoms with Crippen molar-refractivity contribution in [1.29, 1.82) is 0 Å². The summed E-state index contributed by atoms with van der Waals surface area (Å²) in [5.74, 6) is -1.52. The summed E-state index contributed by atoms with van der Waals surface area (Å²) in [5, 5.41) is 4.19. The molecule has 2 heterocycles. The molecule has 0 spiro atoms. The van der Waals surface area contributed by atoms with E-state index in [1.807, 2.05) is 0 Å². The van der Waals surface area contributed by atoms with Crippen LogP contribution in [0.25, 0.3) is 0 Å². The zero-order chi connectivity index (χ0) is 17.9. The van der Waals surface area contributed by atoms with Gasteiger partial charge in [-0.3, -0.25) is 4.90 Å². The van der Waals surface area contributed by atoms with Crippen molar-refractivity contribution >= 4 is 21.4 Å². The van der Waals surface area contributed by atoms with Gasteiger partial charge in [-0.1, -0.05) is 0 Å². The van der Waals surface area contributed by atoms with Crippen LogP contribution in [-0.2, 0) is 16.6 Å². The van der Waals surface area contributed by atoms with Crippen molar-refractivity contribution in [3.63, 3.8) is 0 Å². The van der Waals surface area contributed by atoms with Crippen molar-refractivity contribution in [2.45, 2.75) is 24.3 Å². The summed E-state index contributed by atoms with van der Waals surface area (Å²) in [5.41, 5.74) is 1.30. The van der Waals surface area contributed by atoms with Crippen LogP contribution in [0.3, 0.4) is 0 Å². The Labute approximate surface area is 150 Å². The third-order valence-corrected chi connectivity index (χ3v) is 6.61. The van der Waals surface area contributed by atoms with E-state index in [1.54, 1.807) is 11.3 Å². The number of sulfonamides is 1. The highest BCUT2D eigenvalue weighted by atomic mass is 32.2. The lowest BCUT2D eigenvalue weighted by atomic mass is 9.97. The Morgan fingerprint density at radius 1 is 1.20 bits per heavy atom. The first-order valence-electron chi connectivity index (χ1n) is 8.12. The molecule has 8 heteroatoms. The minimum atomic E-state index is -4.04. The van der Waals surface area contributed by atoms with Crippen LogP contribution in [0.1, 0.15) is 18.4 Å². The van der Waals surface area contributed by atoms with Gasteiger partial charge in [0.25, 0.3) is 0 Å². The zero-order valence-electron chi connectivity index (χ0n) is 13.6. The normalized spacial score (nSPS) is 17.0. The van der Waals surface area contributed by atoms with Crippen molar-refractivity contribution in [2.24, 2.45) is 5.92 Å². The maximum atomic E-state index is 13.7. The van der Waals surface area contributed by atoms with Gasteiger partial charge in [0.2, 0.25) is 10.0 Å². The number of piperidine rings is 1. The lowest BCUT2D eigenvalue weighted by Crippen LogP contribution is -2.38. The molecule has 136 valence electrons. The van der Waals surface area contributed by atoms with Crippen LogP contribution in [0.2, 0.25) is 0 Å². The van der Waals surface area contributed by atoms with Gasteiger partial charge in [-0.25, -0.2) is 21.9 Å². The summed E-state index contributed by atoms with van der Waals surface area (Å²) in [6.07, 6.45) is 1.75. The topological polar surface area (TPSA) is 49.4 Å². The van der Waals surface area contributed by atoms with Gasteiger partial charge in [0.15, 0.2) is 0 Å². The smallest absolute Gasteiger partial charge is 0.243 e. The average Bonchev–Trinajstić information content (AvgIpc) is 3.09. The molecule has 2 aromatic rings. The Kier molecular flexibility index (Phi) is 5.83. The average molecular weight is 386 g/mol. The van der Waals surface area contributed by atoms with Crippen molar-refractivity contribution < 1.29 is 17.2 Å². The molecule has 1 aromatic heterocycles. The van der Waals surface area contributed by atoms with Crippen LogP contribution < -0.4 is 4.72 Å². The maximum Gasteiger partial charge on any atom is 0.243 e. The highest BCUT2D eigenvalue weighted by Gasteiger charge is 2.24. The number of thiophene rings is 1. The third-order valence-electron chi connectivity index (χ3n) is 4.44. The van der Waals surface area contributed by atoms with Crippen LogP contribution in [0.5, 0.6) is 0 Å². The largest absolute Gasteiger partial charge is 0.299 e. The van der Waals surface area contributed by atoms with Gasteiger partial charge in [-0.15, -0.1) is 0 Å².